The monoisotopic (exact) mass is 912 g/mol. The predicted octanol–water partition coefficient (Wildman–Crippen LogP) is 16.0. The molecule has 0 aromatic carbocycles. The summed E-state index contributed by atoms with van der Waals surface area (Å²) in [7, 11) is 1.56. The normalized spacial score (nSPS) is 14.2. The molecule has 0 aromatic rings. The van der Waals surface area contributed by atoms with Gasteiger partial charge in [-0.3, -0.25) is 13.8 Å². The third-order valence-electron chi connectivity index (χ3n) is 12.4. The summed E-state index contributed by atoms with van der Waals surface area (Å²) in [5.74, 6) is -0.188. The first-order valence-electron chi connectivity index (χ1n) is 27.2. The second-order valence-corrected chi connectivity index (χ2v) is 21.4. The van der Waals surface area contributed by atoms with Gasteiger partial charge in [-0.2, -0.15) is 0 Å². The van der Waals surface area contributed by atoms with Gasteiger partial charge in [0.25, 0.3) is 0 Å². The fraction of sp³-hybridized carbons (Fsp3) is 0.907. The highest BCUT2D eigenvalue weighted by atomic mass is 31.2. The molecule has 63 heavy (non-hydrogen) atoms. The highest BCUT2D eigenvalue weighted by Crippen LogP contribution is 2.43. The third-order valence-corrected chi connectivity index (χ3v) is 13.4. The molecule has 0 radical (unpaired) electrons. The lowest BCUT2D eigenvalue weighted by atomic mass is 10.0. The van der Waals surface area contributed by atoms with Crippen LogP contribution in [0, 0.1) is 0 Å². The Labute approximate surface area is 392 Å². The number of carbonyl (C=O) groups is 1. The molecule has 0 heterocycles. The lowest BCUT2D eigenvalue weighted by Crippen LogP contribution is -2.45. The number of phosphoric ester groups is 1. The van der Waals surface area contributed by atoms with Crippen molar-refractivity contribution in [3.8, 4) is 0 Å². The maximum Gasteiger partial charge on any atom is 0.472 e. The topological polar surface area (TPSA) is 105 Å². The van der Waals surface area contributed by atoms with Crippen LogP contribution in [0.3, 0.4) is 0 Å². The van der Waals surface area contributed by atoms with Crippen molar-refractivity contribution in [2.24, 2.45) is 0 Å². The number of hydrogen-bond acceptors (Lipinski definition) is 5. The minimum Gasteiger partial charge on any atom is -0.387 e. The summed E-state index contributed by atoms with van der Waals surface area (Å²) < 4.78 is 23.6. The Balaban J connectivity index is 4.02. The van der Waals surface area contributed by atoms with Crippen molar-refractivity contribution in [1.82, 2.24) is 5.32 Å². The molecule has 0 spiro atoms. The number of quaternary nitrogens is 1. The van der Waals surface area contributed by atoms with Crippen molar-refractivity contribution >= 4 is 13.7 Å². The Kier molecular flexibility index (Phi) is 45.4. The van der Waals surface area contributed by atoms with E-state index in [2.05, 4.69) is 31.3 Å². The number of aliphatic hydroxyl groups excluding tert-OH is 1. The second kappa shape index (κ2) is 46.1. The summed E-state index contributed by atoms with van der Waals surface area (Å²) in [6.45, 7) is 4.79. The third kappa shape index (κ3) is 48.7. The van der Waals surface area contributed by atoms with Gasteiger partial charge in [0.15, 0.2) is 0 Å². The summed E-state index contributed by atoms with van der Waals surface area (Å²) in [6, 6.07) is -0.858. The van der Waals surface area contributed by atoms with Gasteiger partial charge in [-0.15, -0.1) is 0 Å². The van der Waals surface area contributed by atoms with E-state index >= 15 is 0 Å². The molecule has 3 unspecified atom stereocenters. The Morgan fingerprint density at radius 3 is 1.27 bits per heavy atom. The van der Waals surface area contributed by atoms with Crippen LogP contribution >= 0.6 is 7.82 Å². The first-order chi connectivity index (χ1) is 30.5. The van der Waals surface area contributed by atoms with Gasteiger partial charge in [-0.05, 0) is 32.1 Å². The highest BCUT2D eigenvalue weighted by Gasteiger charge is 2.27. The molecule has 9 heteroatoms. The van der Waals surface area contributed by atoms with E-state index in [1.54, 1.807) is 6.08 Å². The quantitative estimate of drug-likeness (QED) is 0.0243. The summed E-state index contributed by atoms with van der Waals surface area (Å²) in [5, 5.41) is 13.8. The van der Waals surface area contributed by atoms with E-state index in [4.69, 9.17) is 9.05 Å². The van der Waals surface area contributed by atoms with Crippen molar-refractivity contribution in [1.29, 1.82) is 0 Å². The fourth-order valence-corrected chi connectivity index (χ4v) is 8.85. The van der Waals surface area contributed by atoms with E-state index in [0.717, 1.165) is 38.5 Å². The smallest absolute Gasteiger partial charge is 0.387 e. The molecule has 374 valence electrons. The van der Waals surface area contributed by atoms with Crippen molar-refractivity contribution in [2.75, 3.05) is 40.9 Å². The molecule has 0 saturated heterocycles. The molecular weight excluding hydrogens is 804 g/mol. The van der Waals surface area contributed by atoms with E-state index in [-0.39, 0.29) is 19.1 Å². The first-order valence-corrected chi connectivity index (χ1v) is 28.7. The number of amides is 1. The Morgan fingerprint density at radius 1 is 0.524 bits per heavy atom. The number of allylic oxidation sites excluding steroid dienone is 3. The summed E-state index contributed by atoms with van der Waals surface area (Å²) in [5.41, 5.74) is 0. The van der Waals surface area contributed by atoms with Crippen LogP contribution < -0.4 is 5.32 Å². The average Bonchev–Trinajstić information content (AvgIpc) is 3.24. The summed E-state index contributed by atoms with van der Waals surface area (Å²) in [4.78, 5) is 23.1. The molecule has 1 amide bonds. The lowest BCUT2D eigenvalue weighted by Gasteiger charge is -2.25. The molecule has 0 aliphatic rings. The zero-order valence-electron chi connectivity index (χ0n) is 42.6. The number of hydrogen-bond donors (Lipinski definition) is 3. The zero-order chi connectivity index (χ0) is 46.4. The molecule has 0 aromatic heterocycles. The van der Waals surface area contributed by atoms with Crippen molar-refractivity contribution in [2.45, 2.75) is 276 Å². The number of aliphatic hydroxyl groups is 1. The second-order valence-electron chi connectivity index (χ2n) is 20.0. The van der Waals surface area contributed by atoms with Gasteiger partial charge in [0, 0.05) is 6.42 Å². The van der Waals surface area contributed by atoms with Gasteiger partial charge >= 0.3 is 7.82 Å². The Hall–Kier alpha value is -1.02. The number of nitrogens with one attached hydrogen (secondary N) is 1. The molecular formula is C54H108N2O6P+. The number of carbonyl (C=O) groups excluding carboxylic acids is 1. The largest absolute Gasteiger partial charge is 0.472 e. The van der Waals surface area contributed by atoms with E-state index < -0.39 is 20.0 Å². The maximum absolute atomic E-state index is 12.8. The van der Waals surface area contributed by atoms with Crippen LogP contribution in [0.1, 0.15) is 264 Å². The van der Waals surface area contributed by atoms with Gasteiger partial charge in [-0.1, -0.05) is 250 Å². The average molecular weight is 912 g/mol. The summed E-state index contributed by atoms with van der Waals surface area (Å²) >= 11 is 0. The van der Waals surface area contributed by atoms with E-state index in [9.17, 15) is 19.4 Å². The van der Waals surface area contributed by atoms with Crippen LogP contribution in [-0.2, 0) is 18.4 Å². The van der Waals surface area contributed by atoms with Gasteiger partial charge in [-0.25, -0.2) is 4.57 Å². The maximum atomic E-state index is 12.8. The van der Waals surface area contributed by atoms with Crippen molar-refractivity contribution in [3.05, 3.63) is 24.3 Å². The van der Waals surface area contributed by atoms with Crippen LogP contribution in [0.2, 0.25) is 0 Å². The van der Waals surface area contributed by atoms with Crippen LogP contribution in [-0.4, -0.2) is 73.4 Å². The fourth-order valence-electron chi connectivity index (χ4n) is 8.12. The van der Waals surface area contributed by atoms with Crippen LogP contribution in [0.25, 0.3) is 0 Å². The molecule has 0 aliphatic heterocycles. The molecule has 0 rings (SSSR count). The SMILES string of the molecule is CCCCCCCCCCCCCCCCCCCCCCCCCCCC/C=C/CC/C=C/C(O)C(COP(=O)(O)OCC[N+](C)(C)C)NC(=O)CCCCCCCCCCC. The van der Waals surface area contributed by atoms with Crippen molar-refractivity contribution in [3.63, 3.8) is 0 Å². The molecule has 0 fully saturated rings. The predicted molar refractivity (Wildman–Crippen MR) is 272 cm³/mol. The standard InChI is InChI=1S/C54H107N2O6P/c1-6-8-10-12-14-16-17-18-19-20-21-22-23-24-25-26-27-28-29-30-31-32-33-34-35-36-37-38-40-41-43-45-47-53(57)52(51-62-63(59,60)61-50-49-56(3,4)5)55-54(58)48-46-44-42-39-15-13-11-9-7-2/h38,40,45,47,52-53,57H,6-37,39,41-44,46,48-51H2,1-5H3,(H-,55,58,59,60)/p+1/b40-38+,47-45+. The zero-order valence-corrected chi connectivity index (χ0v) is 43.5. The van der Waals surface area contributed by atoms with E-state index in [0.29, 0.717) is 17.4 Å². The first kappa shape index (κ1) is 62.0. The van der Waals surface area contributed by atoms with Crippen LogP contribution in [0.4, 0.5) is 0 Å². The Morgan fingerprint density at radius 2 is 0.873 bits per heavy atom. The van der Waals surface area contributed by atoms with E-state index in [1.165, 1.54) is 205 Å². The molecule has 3 N–H and O–H groups in total. The molecule has 0 aliphatic carbocycles. The molecule has 8 nitrogen and oxygen atoms in total. The van der Waals surface area contributed by atoms with Gasteiger partial charge in [0.2, 0.25) is 5.91 Å². The van der Waals surface area contributed by atoms with Crippen molar-refractivity contribution < 1.29 is 32.9 Å². The van der Waals surface area contributed by atoms with Gasteiger partial charge in [0.1, 0.15) is 13.2 Å². The van der Waals surface area contributed by atoms with E-state index in [1.807, 2.05) is 27.2 Å². The Bertz CT molecular complexity index is 1080. The molecule has 0 saturated carbocycles. The molecule has 3 atom stereocenters. The number of nitrogens with zero attached hydrogens (tertiary/aromatic N) is 1. The highest BCUT2D eigenvalue weighted by molar-refractivity contribution is 7.47. The number of rotatable bonds is 50. The molecule has 0 bridgehead atoms. The minimum absolute atomic E-state index is 0.0581. The lowest BCUT2D eigenvalue weighted by molar-refractivity contribution is -0.870. The van der Waals surface area contributed by atoms with Gasteiger partial charge in [0.05, 0.1) is 39.9 Å². The van der Waals surface area contributed by atoms with Gasteiger partial charge < -0.3 is 19.8 Å². The summed E-state index contributed by atoms with van der Waals surface area (Å²) in [6.07, 6.45) is 57.4. The number of unbranched alkanes of at least 4 members (excludes halogenated alkanes) is 35. The number of phosphoric acid groups is 1. The minimum atomic E-state index is -4.34. The van der Waals surface area contributed by atoms with Crippen LogP contribution in [0.5, 0.6) is 0 Å². The van der Waals surface area contributed by atoms with Crippen LogP contribution in [0.15, 0.2) is 24.3 Å². The number of likely N-dealkylation sites (N-methyl/N-ethyl adjacent to an activating group) is 1.